The van der Waals surface area contributed by atoms with Crippen molar-refractivity contribution in [2.24, 2.45) is 0 Å². The summed E-state index contributed by atoms with van der Waals surface area (Å²) in [6, 6.07) is 10.2. The molecule has 0 aliphatic heterocycles. The van der Waals surface area contributed by atoms with E-state index in [4.69, 9.17) is 10.00 Å². The van der Waals surface area contributed by atoms with Gasteiger partial charge in [-0.05, 0) is 38.7 Å². The molecule has 3 heteroatoms. The van der Waals surface area contributed by atoms with Gasteiger partial charge in [0.25, 0.3) is 0 Å². The van der Waals surface area contributed by atoms with Crippen molar-refractivity contribution in [2.75, 3.05) is 20.7 Å². The average molecular weight is 232 g/mol. The highest BCUT2D eigenvalue weighted by Crippen LogP contribution is 2.23. The van der Waals surface area contributed by atoms with E-state index in [2.05, 4.69) is 13.0 Å². The van der Waals surface area contributed by atoms with Crippen LogP contribution in [0.1, 0.15) is 25.3 Å². The molecule has 0 saturated heterocycles. The van der Waals surface area contributed by atoms with Gasteiger partial charge in [0.2, 0.25) is 0 Å². The zero-order valence-corrected chi connectivity index (χ0v) is 11.0. The van der Waals surface area contributed by atoms with Gasteiger partial charge in [0, 0.05) is 5.92 Å². The topological polar surface area (TPSA) is 36.3 Å². The third-order valence-electron chi connectivity index (χ3n) is 2.88. The second-order valence-corrected chi connectivity index (χ2v) is 4.33. The molecule has 0 aromatic heterocycles. The number of nitriles is 1. The zero-order valence-electron chi connectivity index (χ0n) is 11.0. The van der Waals surface area contributed by atoms with Crippen LogP contribution in [0.5, 0.6) is 5.75 Å². The van der Waals surface area contributed by atoms with Gasteiger partial charge in [-0.3, -0.25) is 4.90 Å². The highest BCUT2D eigenvalue weighted by molar-refractivity contribution is 5.31. The summed E-state index contributed by atoms with van der Waals surface area (Å²) in [4.78, 5) is 1.95. The first kappa shape index (κ1) is 13.5. The predicted molar refractivity (Wildman–Crippen MR) is 69.1 cm³/mol. The SMILES string of the molecule is CCOc1ccc(C(C)C(C#N)N(C)C)cc1. The Bertz CT molecular complexity index is 378. The molecule has 1 aromatic carbocycles. The summed E-state index contributed by atoms with van der Waals surface area (Å²) in [5.41, 5.74) is 1.16. The summed E-state index contributed by atoms with van der Waals surface area (Å²) < 4.78 is 5.40. The minimum absolute atomic E-state index is 0.104. The molecule has 0 saturated carbocycles. The minimum atomic E-state index is -0.104. The van der Waals surface area contributed by atoms with Gasteiger partial charge in [0.05, 0.1) is 12.7 Å². The Hall–Kier alpha value is -1.53. The van der Waals surface area contributed by atoms with Crippen LogP contribution in [-0.2, 0) is 0 Å². The Labute approximate surface area is 104 Å². The third-order valence-corrected chi connectivity index (χ3v) is 2.88. The summed E-state index contributed by atoms with van der Waals surface area (Å²) >= 11 is 0. The molecule has 1 rings (SSSR count). The first-order chi connectivity index (χ1) is 8.10. The Kier molecular flexibility index (Phi) is 4.99. The van der Waals surface area contributed by atoms with Crippen molar-refractivity contribution in [3.05, 3.63) is 29.8 Å². The fourth-order valence-corrected chi connectivity index (χ4v) is 1.89. The molecule has 0 spiro atoms. The lowest BCUT2D eigenvalue weighted by atomic mass is 9.93. The quantitative estimate of drug-likeness (QED) is 0.783. The molecule has 0 N–H and O–H groups in total. The third kappa shape index (κ3) is 3.47. The summed E-state index contributed by atoms with van der Waals surface area (Å²) in [7, 11) is 3.86. The maximum atomic E-state index is 9.15. The normalized spacial score (nSPS) is 14.1. The fourth-order valence-electron chi connectivity index (χ4n) is 1.89. The monoisotopic (exact) mass is 232 g/mol. The Balaban J connectivity index is 2.82. The molecule has 0 amide bonds. The van der Waals surface area contributed by atoms with Crippen molar-refractivity contribution in [2.45, 2.75) is 25.8 Å². The van der Waals surface area contributed by atoms with Crippen LogP contribution in [0.3, 0.4) is 0 Å². The number of rotatable bonds is 5. The molecular weight excluding hydrogens is 212 g/mol. The molecule has 0 heterocycles. The lowest BCUT2D eigenvalue weighted by molar-refractivity contribution is 0.316. The van der Waals surface area contributed by atoms with E-state index >= 15 is 0 Å². The Morgan fingerprint density at radius 1 is 1.29 bits per heavy atom. The van der Waals surface area contributed by atoms with Gasteiger partial charge in [-0.15, -0.1) is 0 Å². The predicted octanol–water partition coefficient (Wildman–Crippen LogP) is 2.64. The summed E-state index contributed by atoms with van der Waals surface area (Å²) in [6.45, 7) is 4.71. The van der Waals surface area contributed by atoms with Crippen LogP contribution in [-0.4, -0.2) is 31.6 Å². The van der Waals surface area contributed by atoms with Crippen molar-refractivity contribution < 1.29 is 4.74 Å². The first-order valence-corrected chi connectivity index (χ1v) is 5.89. The Morgan fingerprint density at radius 3 is 2.29 bits per heavy atom. The number of hydrogen-bond acceptors (Lipinski definition) is 3. The van der Waals surface area contributed by atoms with E-state index in [1.165, 1.54) is 0 Å². The zero-order chi connectivity index (χ0) is 12.8. The summed E-state index contributed by atoms with van der Waals surface area (Å²) in [5.74, 6) is 1.06. The van der Waals surface area contributed by atoms with E-state index in [9.17, 15) is 0 Å². The summed E-state index contributed by atoms with van der Waals surface area (Å²) in [5, 5.41) is 9.15. The lowest BCUT2D eigenvalue weighted by Gasteiger charge is -2.24. The van der Waals surface area contributed by atoms with Gasteiger partial charge >= 0.3 is 0 Å². The number of benzene rings is 1. The van der Waals surface area contributed by atoms with Crippen LogP contribution < -0.4 is 4.74 Å². The van der Waals surface area contributed by atoms with Crippen molar-refractivity contribution in [3.63, 3.8) is 0 Å². The van der Waals surface area contributed by atoms with E-state index < -0.39 is 0 Å². The van der Waals surface area contributed by atoms with Gasteiger partial charge in [-0.2, -0.15) is 5.26 Å². The molecule has 92 valence electrons. The van der Waals surface area contributed by atoms with Crippen LogP contribution in [0, 0.1) is 11.3 Å². The maximum absolute atomic E-state index is 9.15. The second-order valence-electron chi connectivity index (χ2n) is 4.33. The van der Waals surface area contributed by atoms with Crippen LogP contribution in [0.4, 0.5) is 0 Å². The highest BCUT2D eigenvalue weighted by Gasteiger charge is 2.20. The van der Waals surface area contributed by atoms with Crippen LogP contribution in [0.2, 0.25) is 0 Å². The van der Waals surface area contributed by atoms with E-state index in [1.54, 1.807) is 0 Å². The van der Waals surface area contributed by atoms with Crippen LogP contribution in [0.15, 0.2) is 24.3 Å². The highest BCUT2D eigenvalue weighted by atomic mass is 16.5. The smallest absolute Gasteiger partial charge is 0.119 e. The maximum Gasteiger partial charge on any atom is 0.119 e. The number of likely N-dealkylation sites (N-methyl/N-ethyl adjacent to an activating group) is 1. The van der Waals surface area contributed by atoms with Crippen molar-refractivity contribution in [1.82, 2.24) is 4.90 Å². The molecule has 0 aliphatic rings. The Morgan fingerprint density at radius 2 is 1.88 bits per heavy atom. The number of nitrogens with zero attached hydrogens (tertiary/aromatic N) is 2. The van der Waals surface area contributed by atoms with E-state index in [0.717, 1.165) is 11.3 Å². The number of hydrogen-bond donors (Lipinski definition) is 0. The van der Waals surface area contributed by atoms with Crippen molar-refractivity contribution in [1.29, 1.82) is 5.26 Å². The summed E-state index contributed by atoms with van der Waals surface area (Å²) in [6.07, 6.45) is 0. The molecule has 0 bridgehead atoms. The minimum Gasteiger partial charge on any atom is -0.494 e. The molecule has 1 aromatic rings. The molecule has 17 heavy (non-hydrogen) atoms. The largest absolute Gasteiger partial charge is 0.494 e. The molecule has 0 aliphatic carbocycles. The van der Waals surface area contributed by atoms with Crippen LogP contribution >= 0.6 is 0 Å². The van der Waals surface area contributed by atoms with Crippen molar-refractivity contribution in [3.8, 4) is 11.8 Å². The number of ether oxygens (including phenoxy) is 1. The van der Waals surface area contributed by atoms with Gasteiger partial charge < -0.3 is 4.74 Å². The standard InChI is InChI=1S/C14H20N2O/c1-5-17-13-8-6-12(7-9-13)11(2)14(10-15)16(3)4/h6-9,11,14H,5H2,1-4H3. The molecular formula is C14H20N2O. The molecule has 0 fully saturated rings. The molecule has 2 atom stereocenters. The van der Waals surface area contributed by atoms with Crippen molar-refractivity contribution >= 4 is 0 Å². The van der Waals surface area contributed by atoms with Gasteiger partial charge in [-0.25, -0.2) is 0 Å². The average Bonchev–Trinajstić information content (AvgIpc) is 2.30. The second kappa shape index (κ2) is 6.27. The molecule has 3 nitrogen and oxygen atoms in total. The van der Waals surface area contributed by atoms with Gasteiger partial charge in [0.1, 0.15) is 11.8 Å². The van der Waals surface area contributed by atoms with E-state index in [0.29, 0.717) is 6.61 Å². The molecule has 0 radical (unpaired) electrons. The lowest BCUT2D eigenvalue weighted by Crippen LogP contribution is -2.31. The van der Waals surface area contributed by atoms with E-state index in [1.807, 2.05) is 50.2 Å². The van der Waals surface area contributed by atoms with Gasteiger partial charge in [0.15, 0.2) is 0 Å². The van der Waals surface area contributed by atoms with Crippen LogP contribution in [0.25, 0.3) is 0 Å². The van der Waals surface area contributed by atoms with E-state index in [-0.39, 0.29) is 12.0 Å². The first-order valence-electron chi connectivity index (χ1n) is 5.89. The fraction of sp³-hybridized carbons (Fsp3) is 0.500. The molecule has 2 unspecified atom stereocenters. The van der Waals surface area contributed by atoms with Gasteiger partial charge in [-0.1, -0.05) is 19.1 Å².